The van der Waals surface area contributed by atoms with Crippen LogP contribution < -0.4 is 34.2 Å². The number of allylic oxidation sites excluding steroid dienone is 1. The van der Waals surface area contributed by atoms with Crippen LogP contribution in [0.25, 0.3) is 12.2 Å². The third-order valence-electron chi connectivity index (χ3n) is 11.3. The SMILES string of the molecule is COc1cc(C(=O)Oc2ccc(/C=C/C(=O)CC(Cc3ccc(N)cc3)C(O)(O)C(=O)/C=C/c3ccc(OC(=O)c4ccc(OCCCC(F)(F)C(F)(F)F)c(OC)c4)cc3)cc2)ccc1OCCCC(F)(F)C(F)(F)F. The number of aliphatic hydroxyl groups is 2. The van der Waals surface area contributed by atoms with Crippen molar-refractivity contribution in [3.8, 4) is 34.5 Å². The van der Waals surface area contributed by atoms with Crippen LogP contribution in [-0.2, 0) is 16.0 Å². The molecule has 77 heavy (non-hydrogen) atoms. The first-order valence-corrected chi connectivity index (χ1v) is 23.0. The Kier molecular flexibility index (Phi) is 20.0. The minimum absolute atomic E-state index is 0.0200. The molecule has 23 heteroatoms. The molecule has 5 aromatic rings. The monoisotopic (exact) mass is 1090 g/mol. The van der Waals surface area contributed by atoms with E-state index < -0.39 is 105 Å². The van der Waals surface area contributed by atoms with Crippen LogP contribution in [0.2, 0.25) is 0 Å². The number of anilines is 1. The summed E-state index contributed by atoms with van der Waals surface area (Å²) >= 11 is 0. The lowest BCUT2D eigenvalue weighted by Crippen LogP contribution is -2.46. The lowest BCUT2D eigenvalue weighted by Gasteiger charge is -2.28. The number of halogens is 10. The molecular weight excluding hydrogens is 1040 g/mol. The Morgan fingerprint density at radius 1 is 0.558 bits per heavy atom. The quantitative estimate of drug-likeness (QED) is 0.00903. The van der Waals surface area contributed by atoms with Gasteiger partial charge in [0.05, 0.1) is 38.6 Å². The smallest absolute Gasteiger partial charge is 0.453 e. The molecule has 0 aliphatic heterocycles. The highest BCUT2D eigenvalue weighted by Crippen LogP contribution is 2.40. The molecule has 0 aliphatic rings. The first kappa shape index (κ1) is 60.0. The lowest BCUT2D eigenvalue weighted by molar-refractivity contribution is -0.284. The molecule has 1 atom stereocenters. The van der Waals surface area contributed by atoms with Crippen LogP contribution in [-0.4, -0.2) is 91.1 Å². The zero-order valence-corrected chi connectivity index (χ0v) is 40.8. The number of hydrogen-bond acceptors (Lipinski definition) is 13. The lowest BCUT2D eigenvalue weighted by atomic mass is 9.84. The van der Waals surface area contributed by atoms with E-state index in [1.165, 1.54) is 111 Å². The maximum atomic E-state index is 13.4. The van der Waals surface area contributed by atoms with Crippen LogP contribution in [0.1, 0.15) is 69.5 Å². The van der Waals surface area contributed by atoms with Crippen molar-refractivity contribution in [2.24, 2.45) is 5.92 Å². The van der Waals surface area contributed by atoms with Crippen molar-refractivity contribution in [3.05, 3.63) is 149 Å². The summed E-state index contributed by atoms with van der Waals surface area (Å²) in [5.74, 6) is -17.7. The number of esters is 2. The number of benzene rings is 5. The van der Waals surface area contributed by atoms with E-state index in [9.17, 15) is 73.3 Å². The van der Waals surface area contributed by atoms with Gasteiger partial charge in [-0.05, 0) is 121 Å². The molecule has 0 saturated carbocycles. The molecule has 0 bridgehead atoms. The highest BCUT2D eigenvalue weighted by atomic mass is 19.4. The van der Waals surface area contributed by atoms with Crippen molar-refractivity contribution in [2.45, 2.75) is 68.5 Å². The number of ether oxygens (including phenoxy) is 6. The van der Waals surface area contributed by atoms with Gasteiger partial charge in [-0.25, -0.2) is 9.59 Å². The fraction of sp³-hybridized carbons (Fsp3) is 0.296. The van der Waals surface area contributed by atoms with E-state index in [0.29, 0.717) is 22.4 Å². The van der Waals surface area contributed by atoms with E-state index in [-0.39, 0.29) is 52.0 Å². The van der Waals surface area contributed by atoms with Crippen molar-refractivity contribution in [3.63, 3.8) is 0 Å². The van der Waals surface area contributed by atoms with Gasteiger partial charge in [0.15, 0.2) is 28.8 Å². The molecule has 0 radical (unpaired) electrons. The molecule has 0 aliphatic carbocycles. The van der Waals surface area contributed by atoms with Gasteiger partial charge < -0.3 is 44.4 Å². The summed E-state index contributed by atoms with van der Waals surface area (Å²) in [6.45, 7) is -1.00. The van der Waals surface area contributed by atoms with E-state index in [4.69, 9.17) is 34.2 Å². The Bertz CT molecular complexity index is 2890. The second kappa shape index (κ2) is 25.7. The van der Waals surface area contributed by atoms with Gasteiger partial charge in [-0.15, -0.1) is 0 Å². The van der Waals surface area contributed by atoms with Crippen molar-refractivity contribution in [1.29, 1.82) is 0 Å². The van der Waals surface area contributed by atoms with E-state index in [1.807, 2.05) is 0 Å². The second-order valence-corrected chi connectivity index (χ2v) is 17.0. The van der Waals surface area contributed by atoms with Crippen molar-refractivity contribution in [1.82, 2.24) is 0 Å². The molecule has 412 valence electrons. The summed E-state index contributed by atoms with van der Waals surface area (Å²) < 4.78 is 159. The minimum atomic E-state index is -5.70. The number of nitrogen functional groups attached to an aromatic ring is 1. The van der Waals surface area contributed by atoms with Crippen molar-refractivity contribution >= 4 is 41.3 Å². The normalized spacial score (nSPS) is 12.8. The van der Waals surface area contributed by atoms with E-state index in [1.54, 1.807) is 24.3 Å². The molecule has 1 unspecified atom stereocenters. The number of hydrogen-bond donors (Lipinski definition) is 3. The number of rotatable bonds is 26. The maximum Gasteiger partial charge on any atom is 0.453 e. The predicted octanol–water partition coefficient (Wildman–Crippen LogP) is 11.2. The Hall–Kier alpha value is -7.92. The average Bonchev–Trinajstić information content (AvgIpc) is 3.38. The number of ketones is 2. The van der Waals surface area contributed by atoms with E-state index in [2.05, 4.69) is 0 Å². The van der Waals surface area contributed by atoms with Gasteiger partial charge in [0.1, 0.15) is 11.5 Å². The van der Waals surface area contributed by atoms with Gasteiger partial charge in [-0.1, -0.05) is 48.6 Å². The molecule has 4 N–H and O–H groups in total. The summed E-state index contributed by atoms with van der Waals surface area (Å²) in [6.07, 6.45) is -11.6. The standard InChI is InChI=1S/C54H49F10NO12/c1-72-45-30-36(13-22-43(45)74-27-3-25-50(55,56)53(59,60)61)48(68)76-41-18-8-33(9-19-41)7-17-40(66)32-38(29-35-5-15-39(65)16-6-35)52(70,71)47(67)24-12-34-10-20-42(21-11-34)77-49(69)37-14-23-44(46(31-37)73-2)75-28-4-26-51(57,58)54(62,63)64/h5-24,30-31,38,70-71H,3-4,25-29,32,65H2,1-2H3/b17-7+,24-12+. The summed E-state index contributed by atoms with van der Waals surface area (Å²) in [5.41, 5.74) is 7.47. The molecule has 0 fully saturated rings. The molecule has 0 aromatic heterocycles. The highest BCUT2D eigenvalue weighted by molar-refractivity contribution is 6.00. The van der Waals surface area contributed by atoms with E-state index in [0.717, 1.165) is 12.2 Å². The van der Waals surface area contributed by atoms with Crippen LogP contribution >= 0.6 is 0 Å². The molecule has 0 saturated heterocycles. The van der Waals surface area contributed by atoms with Crippen LogP contribution in [0.15, 0.2) is 121 Å². The Morgan fingerprint density at radius 2 is 0.974 bits per heavy atom. The molecular formula is C54H49F10NO12. The molecule has 0 heterocycles. The number of carbonyl (C=O) groups excluding carboxylic acids is 4. The average molecular weight is 1090 g/mol. The third-order valence-corrected chi connectivity index (χ3v) is 11.3. The van der Waals surface area contributed by atoms with Crippen molar-refractivity contribution in [2.75, 3.05) is 33.2 Å². The molecule has 0 amide bonds. The Balaban J connectivity index is 1.17. The van der Waals surface area contributed by atoms with Crippen molar-refractivity contribution < 1.29 is 102 Å². The van der Waals surface area contributed by atoms with Crippen LogP contribution in [0.4, 0.5) is 49.6 Å². The number of carbonyl (C=O) groups is 4. The largest absolute Gasteiger partial charge is 0.493 e. The highest BCUT2D eigenvalue weighted by Gasteiger charge is 2.57. The first-order chi connectivity index (χ1) is 36.1. The van der Waals surface area contributed by atoms with Gasteiger partial charge in [0.2, 0.25) is 11.6 Å². The Morgan fingerprint density at radius 3 is 1.38 bits per heavy atom. The first-order valence-electron chi connectivity index (χ1n) is 23.0. The zero-order valence-electron chi connectivity index (χ0n) is 40.8. The van der Waals surface area contributed by atoms with E-state index >= 15 is 0 Å². The van der Waals surface area contributed by atoms with Gasteiger partial charge in [-0.2, -0.15) is 43.9 Å². The Labute approximate surface area is 433 Å². The fourth-order valence-electron chi connectivity index (χ4n) is 6.98. The molecule has 5 rings (SSSR count). The summed E-state index contributed by atoms with van der Waals surface area (Å²) in [5, 5.41) is 22.6. The summed E-state index contributed by atoms with van der Waals surface area (Å²) in [6, 6.07) is 25.1. The van der Waals surface area contributed by atoms with Gasteiger partial charge in [-0.3, -0.25) is 9.59 Å². The van der Waals surface area contributed by atoms with Gasteiger partial charge in [0, 0.05) is 30.9 Å². The fourth-order valence-corrected chi connectivity index (χ4v) is 6.98. The van der Waals surface area contributed by atoms with Gasteiger partial charge in [0.25, 0.3) is 0 Å². The number of methoxy groups -OCH3 is 2. The number of alkyl halides is 10. The molecule has 13 nitrogen and oxygen atoms in total. The predicted molar refractivity (Wildman–Crippen MR) is 258 cm³/mol. The summed E-state index contributed by atoms with van der Waals surface area (Å²) in [4.78, 5) is 52.6. The maximum absolute atomic E-state index is 13.4. The summed E-state index contributed by atoms with van der Waals surface area (Å²) in [7, 11) is 2.43. The third kappa shape index (κ3) is 17.0. The second-order valence-electron chi connectivity index (χ2n) is 17.0. The minimum Gasteiger partial charge on any atom is -0.493 e. The van der Waals surface area contributed by atoms with Crippen LogP contribution in [0.5, 0.6) is 34.5 Å². The topological polar surface area (TPSA) is 190 Å². The van der Waals surface area contributed by atoms with Crippen LogP contribution in [0.3, 0.4) is 0 Å². The van der Waals surface area contributed by atoms with Crippen LogP contribution in [0, 0.1) is 5.92 Å². The molecule has 0 spiro atoms. The van der Waals surface area contributed by atoms with Gasteiger partial charge >= 0.3 is 36.1 Å². The number of nitrogens with two attached hydrogens (primary N) is 1. The zero-order chi connectivity index (χ0) is 56.8. The molecule has 5 aromatic carbocycles.